The highest BCUT2D eigenvalue weighted by Crippen LogP contribution is 2.25. The lowest BCUT2D eigenvalue weighted by molar-refractivity contribution is -0.143. The lowest BCUT2D eigenvalue weighted by Gasteiger charge is -2.35. The van der Waals surface area contributed by atoms with Gasteiger partial charge in [0.25, 0.3) is 0 Å². The second-order valence-electron chi connectivity index (χ2n) is 5.83. The van der Waals surface area contributed by atoms with Crippen LogP contribution in [-0.4, -0.2) is 42.9 Å². The van der Waals surface area contributed by atoms with Crippen molar-refractivity contribution in [2.75, 3.05) is 36.4 Å². The zero-order valence-corrected chi connectivity index (χ0v) is 15.2. The second kappa shape index (κ2) is 7.93. The first-order valence-corrected chi connectivity index (χ1v) is 8.75. The number of rotatable bonds is 2. The summed E-state index contributed by atoms with van der Waals surface area (Å²) in [7, 11) is 0. The fourth-order valence-corrected chi connectivity index (χ4v) is 3.07. The summed E-state index contributed by atoms with van der Waals surface area (Å²) < 4.78 is 13.0. The number of halogens is 3. The minimum absolute atomic E-state index is 0.293. The highest BCUT2D eigenvalue weighted by atomic mass is 35.5. The minimum Gasteiger partial charge on any atom is -0.368 e. The summed E-state index contributed by atoms with van der Waals surface area (Å²) in [5, 5.41) is 3.21. The molecule has 26 heavy (non-hydrogen) atoms. The van der Waals surface area contributed by atoms with Crippen LogP contribution in [0.3, 0.4) is 0 Å². The molecule has 2 aromatic carbocycles. The van der Waals surface area contributed by atoms with Crippen LogP contribution in [0.4, 0.5) is 15.8 Å². The third kappa shape index (κ3) is 4.26. The molecule has 0 radical (unpaired) electrons. The van der Waals surface area contributed by atoms with Gasteiger partial charge < -0.3 is 15.1 Å². The van der Waals surface area contributed by atoms with Gasteiger partial charge in [0.05, 0.1) is 10.7 Å². The lowest BCUT2D eigenvalue weighted by Crippen LogP contribution is -2.51. The molecule has 136 valence electrons. The molecule has 0 spiro atoms. The van der Waals surface area contributed by atoms with Crippen LogP contribution < -0.4 is 10.2 Å². The Kier molecular flexibility index (Phi) is 5.64. The molecular weight excluding hydrogens is 380 g/mol. The van der Waals surface area contributed by atoms with Gasteiger partial charge in [-0.05, 0) is 42.5 Å². The van der Waals surface area contributed by atoms with Crippen LogP contribution in [0.2, 0.25) is 10.0 Å². The van der Waals surface area contributed by atoms with E-state index in [9.17, 15) is 14.0 Å². The SMILES string of the molecule is O=C(Nc1cc(Cl)ccc1Cl)C(=O)N1CCN(c2ccc(F)cc2)CC1. The summed E-state index contributed by atoms with van der Waals surface area (Å²) in [6, 6.07) is 10.8. The predicted octanol–water partition coefficient (Wildman–Crippen LogP) is 3.42. The Balaban J connectivity index is 1.58. The summed E-state index contributed by atoms with van der Waals surface area (Å²) in [5.74, 6) is -1.68. The average Bonchev–Trinajstić information content (AvgIpc) is 2.65. The molecule has 3 rings (SSSR count). The van der Waals surface area contributed by atoms with Crippen molar-refractivity contribution >= 4 is 46.4 Å². The number of piperazine rings is 1. The van der Waals surface area contributed by atoms with E-state index in [4.69, 9.17) is 23.2 Å². The highest BCUT2D eigenvalue weighted by Gasteiger charge is 2.26. The zero-order valence-electron chi connectivity index (χ0n) is 13.7. The largest absolute Gasteiger partial charge is 0.368 e. The lowest BCUT2D eigenvalue weighted by atomic mass is 10.2. The molecule has 1 heterocycles. The van der Waals surface area contributed by atoms with E-state index < -0.39 is 11.8 Å². The number of carbonyl (C=O) groups is 2. The van der Waals surface area contributed by atoms with Crippen molar-refractivity contribution < 1.29 is 14.0 Å². The number of hydrogen-bond acceptors (Lipinski definition) is 3. The monoisotopic (exact) mass is 395 g/mol. The smallest absolute Gasteiger partial charge is 0.313 e. The van der Waals surface area contributed by atoms with Gasteiger partial charge in [0.2, 0.25) is 0 Å². The van der Waals surface area contributed by atoms with E-state index in [-0.39, 0.29) is 5.82 Å². The molecular formula is C18H16Cl2FN3O2. The molecule has 1 aliphatic heterocycles. The number of nitrogens with one attached hydrogen (secondary N) is 1. The van der Waals surface area contributed by atoms with Gasteiger partial charge in [0.1, 0.15) is 5.82 Å². The Morgan fingerprint density at radius 2 is 1.62 bits per heavy atom. The summed E-state index contributed by atoms with van der Waals surface area (Å²) in [6.07, 6.45) is 0. The minimum atomic E-state index is -0.760. The molecule has 0 bridgehead atoms. The maximum absolute atomic E-state index is 13.0. The Hall–Kier alpha value is -2.31. The molecule has 5 nitrogen and oxygen atoms in total. The van der Waals surface area contributed by atoms with Crippen molar-refractivity contribution in [3.8, 4) is 0 Å². The predicted molar refractivity (Wildman–Crippen MR) is 100 cm³/mol. The third-order valence-corrected chi connectivity index (χ3v) is 4.69. The zero-order chi connectivity index (χ0) is 18.7. The number of hydrogen-bond donors (Lipinski definition) is 1. The van der Waals surface area contributed by atoms with Gasteiger partial charge in [0, 0.05) is 36.9 Å². The molecule has 0 atom stereocenters. The molecule has 1 saturated heterocycles. The first-order chi connectivity index (χ1) is 12.4. The van der Waals surface area contributed by atoms with Crippen molar-refractivity contribution in [1.82, 2.24) is 4.90 Å². The van der Waals surface area contributed by atoms with Gasteiger partial charge in [-0.2, -0.15) is 0 Å². The molecule has 0 unspecified atom stereocenters. The molecule has 1 aliphatic rings. The number of nitrogens with zero attached hydrogens (tertiary/aromatic N) is 2. The van der Waals surface area contributed by atoms with Gasteiger partial charge in [-0.15, -0.1) is 0 Å². The quantitative estimate of drug-likeness (QED) is 0.792. The van der Waals surface area contributed by atoms with E-state index in [0.29, 0.717) is 41.9 Å². The molecule has 1 fully saturated rings. The van der Waals surface area contributed by atoms with E-state index in [2.05, 4.69) is 5.32 Å². The molecule has 1 N–H and O–H groups in total. The normalized spacial score (nSPS) is 14.3. The molecule has 0 aliphatic carbocycles. The third-order valence-electron chi connectivity index (χ3n) is 4.13. The first-order valence-electron chi connectivity index (χ1n) is 8.00. The van der Waals surface area contributed by atoms with Crippen molar-refractivity contribution in [2.45, 2.75) is 0 Å². The van der Waals surface area contributed by atoms with Gasteiger partial charge in [-0.1, -0.05) is 23.2 Å². The number of benzene rings is 2. The molecule has 2 amide bonds. The Morgan fingerprint density at radius 1 is 0.962 bits per heavy atom. The topological polar surface area (TPSA) is 52.7 Å². The van der Waals surface area contributed by atoms with Crippen LogP contribution in [0.25, 0.3) is 0 Å². The van der Waals surface area contributed by atoms with Gasteiger partial charge in [0.15, 0.2) is 0 Å². The standard InChI is InChI=1S/C18H16Cl2FN3O2/c19-12-1-6-15(20)16(11-12)22-17(25)18(26)24-9-7-23(8-10-24)14-4-2-13(21)3-5-14/h1-6,11H,7-10H2,(H,22,25). The van der Waals surface area contributed by atoms with Crippen molar-refractivity contribution in [3.63, 3.8) is 0 Å². The van der Waals surface area contributed by atoms with Crippen LogP contribution in [-0.2, 0) is 9.59 Å². The summed E-state index contributed by atoms with van der Waals surface area (Å²) in [5.41, 5.74) is 1.18. The van der Waals surface area contributed by atoms with Crippen LogP contribution in [0, 0.1) is 5.82 Å². The van der Waals surface area contributed by atoms with Gasteiger partial charge >= 0.3 is 11.8 Å². The van der Waals surface area contributed by atoms with E-state index in [1.54, 1.807) is 24.3 Å². The van der Waals surface area contributed by atoms with Crippen LogP contribution >= 0.6 is 23.2 Å². The van der Waals surface area contributed by atoms with E-state index in [1.165, 1.54) is 23.1 Å². The highest BCUT2D eigenvalue weighted by molar-refractivity contribution is 6.42. The number of carbonyl (C=O) groups excluding carboxylic acids is 2. The maximum Gasteiger partial charge on any atom is 0.313 e. The average molecular weight is 396 g/mol. The van der Waals surface area contributed by atoms with E-state index >= 15 is 0 Å². The van der Waals surface area contributed by atoms with Crippen molar-refractivity contribution in [1.29, 1.82) is 0 Å². The molecule has 0 aromatic heterocycles. The van der Waals surface area contributed by atoms with Gasteiger partial charge in [-0.25, -0.2) is 4.39 Å². The second-order valence-corrected chi connectivity index (χ2v) is 6.68. The summed E-state index contributed by atoms with van der Waals surface area (Å²) >= 11 is 11.9. The van der Waals surface area contributed by atoms with Crippen LogP contribution in [0.5, 0.6) is 0 Å². The Labute approximate surface area is 160 Å². The Morgan fingerprint density at radius 3 is 2.27 bits per heavy atom. The van der Waals surface area contributed by atoms with E-state index in [0.717, 1.165) is 5.69 Å². The van der Waals surface area contributed by atoms with Crippen molar-refractivity contribution in [3.05, 3.63) is 58.3 Å². The Bertz CT molecular complexity index is 822. The summed E-state index contributed by atoms with van der Waals surface area (Å²) in [6.45, 7) is 1.91. The number of anilines is 2. The van der Waals surface area contributed by atoms with Crippen LogP contribution in [0.1, 0.15) is 0 Å². The molecule has 8 heteroatoms. The number of amides is 2. The fraction of sp³-hybridized carbons (Fsp3) is 0.222. The molecule has 0 saturated carbocycles. The van der Waals surface area contributed by atoms with Gasteiger partial charge in [-0.3, -0.25) is 9.59 Å². The first kappa shape index (κ1) is 18.5. The maximum atomic E-state index is 13.0. The van der Waals surface area contributed by atoms with Crippen molar-refractivity contribution in [2.24, 2.45) is 0 Å². The molecule has 2 aromatic rings. The van der Waals surface area contributed by atoms with Crippen LogP contribution in [0.15, 0.2) is 42.5 Å². The summed E-state index contributed by atoms with van der Waals surface area (Å²) in [4.78, 5) is 28.1. The van der Waals surface area contributed by atoms with E-state index in [1.807, 2.05) is 4.90 Å². The fourth-order valence-electron chi connectivity index (χ4n) is 2.73.